The van der Waals surface area contributed by atoms with E-state index in [1.54, 1.807) is 0 Å². The summed E-state index contributed by atoms with van der Waals surface area (Å²) in [5.41, 5.74) is 0.198. The van der Waals surface area contributed by atoms with Gasteiger partial charge in [0, 0.05) is 12.1 Å². The second-order valence-electron chi connectivity index (χ2n) is 9.05. The molecular weight excluding hydrogens is 512 g/mol. The van der Waals surface area contributed by atoms with Gasteiger partial charge in [0.25, 0.3) is 0 Å². The Morgan fingerprint density at radius 1 is 1.08 bits per heavy atom. The Kier molecular flexibility index (Phi) is 15.2. The van der Waals surface area contributed by atoms with Crippen LogP contribution >= 0.6 is 0 Å². The van der Waals surface area contributed by atoms with Crippen LogP contribution in [0.25, 0.3) is 0 Å². The van der Waals surface area contributed by atoms with E-state index >= 15 is 0 Å². The van der Waals surface area contributed by atoms with Gasteiger partial charge in [-0.15, -0.1) is 0 Å². The van der Waals surface area contributed by atoms with Crippen molar-refractivity contribution in [2.45, 2.75) is 81.8 Å². The van der Waals surface area contributed by atoms with Crippen LogP contribution in [0.1, 0.15) is 26.7 Å². The highest BCUT2D eigenvalue weighted by Gasteiger charge is 2.47. The molecule has 1 rings (SSSR count). The molecule has 0 saturated carbocycles. The number of urea groups is 1. The van der Waals surface area contributed by atoms with Crippen molar-refractivity contribution < 1.29 is 64.7 Å². The van der Waals surface area contributed by atoms with Crippen LogP contribution in [0.4, 0.5) is 4.79 Å². The number of aliphatic hydroxyl groups is 8. The predicted octanol–water partition coefficient (Wildman–Crippen LogP) is -3.82. The zero-order valence-corrected chi connectivity index (χ0v) is 21.6. The van der Waals surface area contributed by atoms with Crippen LogP contribution in [0, 0.1) is 0 Å². The molecule has 0 aromatic carbocycles. The average Bonchev–Trinajstić information content (AvgIpc) is 2.90. The first kappa shape index (κ1) is 34.1. The lowest BCUT2D eigenvalue weighted by atomic mass is 9.98. The van der Waals surface area contributed by atoms with Crippen molar-refractivity contribution in [1.29, 1.82) is 0 Å². The summed E-state index contributed by atoms with van der Waals surface area (Å²) < 4.78 is 15.5. The smallest absolute Gasteiger partial charge is 0.333 e. The van der Waals surface area contributed by atoms with Gasteiger partial charge in [-0.1, -0.05) is 19.9 Å². The summed E-state index contributed by atoms with van der Waals surface area (Å²) in [6.45, 7) is 4.69. The Morgan fingerprint density at radius 2 is 1.74 bits per heavy atom. The number of amides is 2. The van der Waals surface area contributed by atoms with Crippen LogP contribution in [-0.2, 0) is 19.0 Å². The fourth-order valence-corrected chi connectivity index (χ4v) is 3.55. The number of hydrogen-bond acceptors (Lipinski definition) is 13. The monoisotopic (exact) mass is 554 g/mol. The Bertz CT molecular complexity index is 740. The number of aliphatic hydroxyl groups excluding tert-OH is 8. The van der Waals surface area contributed by atoms with Crippen molar-refractivity contribution in [3.05, 3.63) is 12.2 Å². The van der Waals surface area contributed by atoms with Crippen LogP contribution in [-0.4, -0.2) is 152 Å². The molecule has 9 N–H and O–H groups in total. The maximum absolute atomic E-state index is 12.7. The van der Waals surface area contributed by atoms with Gasteiger partial charge in [-0.05, 0) is 13.3 Å². The standard InChI is InChI=1S/C23H42N2O13/c1-4-5-7-25(23(35)24-6-8-36-21(34)12(2)3)9-13(28)16(30)20(14(29)10-26)38-22-19(33)18(32)17(31)15(11-27)37-22/h13-20,22,26-33H,2,4-11H2,1,3H3,(H,24,35)/t13?,14?,15-,16?,17-,18+,19-,20?,22-/m1/s1. The van der Waals surface area contributed by atoms with Crippen LogP contribution in [0.2, 0.25) is 0 Å². The number of carbonyl (C=O) groups is 2. The molecule has 9 atom stereocenters. The molecule has 1 aliphatic rings. The van der Waals surface area contributed by atoms with Gasteiger partial charge in [0.15, 0.2) is 6.29 Å². The third kappa shape index (κ3) is 10.00. The van der Waals surface area contributed by atoms with E-state index in [1.807, 2.05) is 6.92 Å². The summed E-state index contributed by atoms with van der Waals surface area (Å²) in [6, 6.07) is -0.634. The van der Waals surface area contributed by atoms with Gasteiger partial charge in [0.05, 0.1) is 26.3 Å². The highest BCUT2D eigenvalue weighted by atomic mass is 16.7. The molecule has 15 heteroatoms. The van der Waals surface area contributed by atoms with Gasteiger partial charge in [-0.3, -0.25) is 0 Å². The molecule has 1 aliphatic heterocycles. The molecule has 0 radical (unpaired) electrons. The number of unbranched alkanes of at least 4 members (excludes halogenated alkanes) is 1. The summed E-state index contributed by atoms with van der Waals surface area (Å²) >= 11 is 0. The number of esters is 1. The first-order chi connectivity index (χ1) is 17.9. The second kappa shape index (κ2) is 16.9. The fraction of sp³-hybridized carbons (Fsp3) is 0.826. The van der Waals surface area contributed by atoms with E-state index in [0.29, 0.717) is 12.8 Å². The topological polar surface area (TPSA) is 239 Å². The minimum Gasteiger partial charge on any atom is -0.460 e. The zero-order chi connectivity index (χ0) is 29.0. The first-order valence-electron chi connectivity index (χ1n) is 12.4. The van der Waals surface area contributed by atoms with E-state index in [9.17, 15) is 50.4 Å². The third-order valence-corrected chi connectivity index (χ3v) is 5.87. The molecule has 0 aromatic rings. The van der Waals surface area contributed by atoms with Crippen LogP contribution < -0.4 is 5.32 Å². The summed E-state index contributed by atoms with van der Waals surface area (Å²) in [5, 5.41) is 83.0. The molecule has 38 heavy (non-hydrogen) atoms. The van der Waals surface area contributed by atoms with Crippen LogP contribution in [0.3, 0.4) is 0 Å². The fourth-order valence-electron chi connectivity index (χ4n) is 3.55. The Labute approximate surface area is 220 Å². The number of carbonyl (C=O) groups excluding carboxylic acids is 2. The van der Waals surface area contributed by atoms with Crippen LogP contribution in [0.5, 0.6) is 0 Å². The minimum absolute atomic E-state index is 0.0365. The molecule has 4 unspecified atom stereocenters. The van der Waals surface area contributed by atoms with Crippen molar-refractivity contribution in [2.24, 2.45) is 0 Å². The summed E-state index contributed by atoms with van der Waals surface area (Å²) in [4.78, 5) is 25.3. The number of hydrogen-bond donors (Lipinski definition) is 9. The van der Waals surface area contributed by atoms with E-state index in [2.05, 4.69) is 11.9 Å². The predicted molar refractivity (Wildman–Crippen MR) is 129 cm³/mol. The molecule has 222 valence electrons. The molecule has 0 bridgehead atoms. The molecule has 2 amide bonds. The number of rotatable bonds is 16. The van der Waals surface area contributed by atoms with Crippen molar-refractivity contribution in [3.63, 3.8) is 0 Å². The van der Waals surface area contributed by atoms with E-state index in [-0.39, 0.29) is 25.3 Å². The third-order valence-electron chi connectivity index (χ3n) is 5.87. The summed E-state index contributed by atoms with van der Waals surface area (Å²) in [7, 11) is 0. The van der Waals surface area contributed by atoms with Gasteiger partial charge in [-0.2, -0.15) is 0 Å². The molecule has 1 saturated heterocycles. The lowest BCUT2D eigenvalue weighted by Gasteiger charge is -2.42. The maximum atomic E-state index is 12.7. The number of ether oxygens (including phenoxy) is 3. The zero-order valence-electron chi connectivity index (χ0n) is 21.6. The van der Waals surface area contributed by atoms with Crippen molar-refractivity contribution in [3.8, 4) is 0 Å². The second-order valence-corrected chi connectivity index (χ2v) is 9.05. The highest BCUT2D eigenvalue weighted by molar-refractivity contribution is 5.86. The highest BCUT2D eigenvalue weighted by Crippen LogP contribution is 2.25. The van der Waals surface area contributed by atoms with E-state index in [0.717, 1.165) is 0 Å². The largest absolute Gasteiger partial charge is 0.460 e. The van der Waals surface area contributed by atoms with Gasteiger partial charge in [0.2, 0.25) is 0 Å². The SMILES string of the molecule is C=C(C)C(=O)OCCNC(=O)N(CCCC)CC(O)C(O)C(O[C@H]1O[C@H](CO)[C@@H](O)[C@H](O)[C@H]1O)C(O)CO. The summed E-state index contributed by atoms with van der Waals surface area (Å²) in [6.07, 6.45) is -14.4. The molecule has 1 heterocycles. The van der Waals surface area contributed by atoms with Crippen molar-refractivity contribution in [1.82, 2.24) is 10.2 Å². The summed E-state index contributed by atoms with van der Waals surface area (Å²) in [5.74, 6) is -0.617. The van der Waals surface area contributed by atoms with Gasteiger partial charge in [-0.25, -0.2) is 9.59 Å². The normalized spacial score (nSPS) is 26.6. The quantitative estimate of drug-likeness (QED) is 0.0505. The molecular formula is C23H42N2O13. The van der Waals surface area contributed by atoms with Crippen molar-refractivity contribution in [2.75, 3.05) is 39.5 Å². The Balaban J connectivity index is 2.89. The average molecular weight is 555 g/mol. The molecule has 0 aromatic heterocycles. The lowest BCUT2D eigenvalue weighted by Crippen LogP contribution is -2.62. The van der Waals surface area contributed by atoms with E-state index < -0.39 is 86.9 Å². The number of nitrogens with zero attached hydrogens (tertiary/aromatic N) is 1. The molecule has 1 fully saturated rings. The molecule has 0 spiro atoms. The Hall–Kier alpha value is -1.92. The van der Waals surface area contributed by atoms with E-state index in [4.69, 9.17) is 14.2 Å². The maximum Gasteiger partial charge on any atom is 0.333 e. The first-order valence-corrected chi connectivity index (χ1v) is 12.4. The van der Waals surface area contributed by atoms with E-state index in [1.165, 1.54) is 11.8 Å². The van der Waals surface area contributed by atoms with Crippen LogP contribution in [0.15, 0.2) is 12.2 Å². The minimum atomic E-state index is -1.93. The molecule has 0 aliphatic carbocycles. The van der Waals surface area contributed by atoms with Crippen molar-refractivity contribution >= 4 is 12.0 Å². The Morgan fingerprint density at radius 3 is 2.29 bits per heavy atom. The van der Waals surface area contributed by atoms with Gasteiger partial charge < -0.3 is 65.3 Å². The van der Waals surface area contributed by atoms with Gasteiger partial charge >= 0.3 is 12.0 Å². The number of nitrogens with one attached hydrogen (secondary N) is 1. The molecule has 15 nitrogen and oxygen atoms in total. The van der Waals surface area contributed by atoms with Gasteiger partial charge in [0.1, 0.15) is 55.4 Å². The lowest BCUT2D eigenvalue weighted by molar-refractivity contribution is -0.327.